The molecule has 0 aromatic heterocycles. The lowest BCUT2D eigenvalue weighted by Gasteiger charge is -2.27. The number of ether oxygens (including phenoxy) is 1. The van der Waals surface area contributed by atoms with Gasteiger partial charge in [-0.25, -0.2) is 0 Å². The molecule has 0 aromatic rings. The number of hydrogen-bond donors (Lipinski definition) is 1. The van der Waals surface area contributed by atoms with E-state index in [2.05, 4.69) is 0 Å². The van der Waals surface area contributed by atoms with Gasteiger partial charge in [-0.05, 0) is 24.2 Å². The molecule has 0 aliphatic rings. The Balaban J connectivity index is 3.90. The first-order valence-corrected chi connectivity index (χ1v) is 6.11. The van der Waals surface area contributed by atoms with E-state index in [1.807, 2.05) is 34.6 Å². The van der Waals surface area contributed by atoms with Gasteiger partial charge in [0.15, 0.2) is 0 Å². The van der Waals surface area contributed by atoms with Crippen LogP contribution >= 0.6 is 0 Å². The Bertz CT molecular complexity index is 206. The summed E-state index contributed by atoms with van der Waals surface area (Å²) in [6.45, 7) is 10.4. The van der Waals surface area contributed by atoms with Crippen molar-refractivity contribution in [1.29, 1.82) is 0 Å². The Morgan fingerprint density at radius 2 is 1.94 bits per heavy atom. The van der Waals surface area contributed by atoms with Crippen LogP contribution in [0, 0.1) is 11.3 Å². The number of esters is 1. The predicted octanol–water partition coefficient (Wildman–Crippen LogP) is 2.76. The van der Waals surface area contributed by atoms with Gasteiger partial charge in [-0.1, -0.05) is 34.6 Å². The van der Waals surface area contributed by atoms with Crippen molar-refractivity contribution in [2.24, 2.45) is 11.3 Å². The number of rotatable bonds is 6. The summed E-state index contributed by atoms with van der Waals surface area (Å²) in [5.41, 5.74) is -0.123. The third kappa shape index (κ3) is 6.83. The van der Waals surface area contributed by atoms with Gasteiger partial charge < -0.3 is 9.84 Å². The molecule has 0 rings (SSSR count). The summed E-state index contributed by atoms with van der Waals surface area (Å²) in [7, 11) is 0. The van der Waals surface area contributed by atoms with Gasteiger partial charge in [0, 0.05) is 6.42 Å². The number of hydrogen-bond acceptors (Lipinski definition) is 3. The largest absolute Gasteiger partial charge is 0.466 e. The molecule has 0 aliphatic carbocycles. The average Bonchev–Trinajstić information content (AvgIpc) is 2.12. The van der Waals surface area contributed by atoms with Gasteiger partial charge in [0.1, 0.15) is 0 Å². The summed E-state index contributed by atoms with van der Waals surface area (Å²) < 4.78 is 5.01. The zero-order chi connectivity index (χ0) is 12.8. The third-order valence-corrected chi connectivity index (χ3v) is 2.61. The van der Waals surface area contributed by atoms with E-state index in [9.17, 15) is 9.90 Å². The molecular formula is C13H26O3. The second-order valence-corrected chi connectivity index (χ2v) is 5.65. The molecule has 96 valence electrons. The predicted molar refractivity (Wildman–Crippen MR) is 65.1 cm³/mol. The van der Waals surface area contributed by atoms with Crippen LogP contribution in [0.2, 0.25) is 0 Å². The number of aliphatic hydroxyl groups excluding tert-OH is 1. The van der Waals surface area contributed by atoms with Crippen molar-refractivity contribution in [3.8, 4) is 0 Å². The van der Waals surface area contributed by atoms with Crippen LogP contribution in [0.3, 0.4) is 0 Å². The van der Waals surface area contributed by atoms with E-state index in [-0.39, 0.29) is 23.4 Å². The summed E-state index contributed by atoms with van der Waals surface area (Å²) in [5.74, 6) is 0.00837. The van der Waals surface area contributed by atoms with Crippen molar-refractivity contribution < 1.29 is 14.6 Å². The van der Waals surface area contributed by atoms with E-state index < -0.39 is 0 Å². The lowest BCUT2D eigenvalue weighted by Crippen LogP contribution is -2.28. The van der Waals surface area contributed by atoms with Crippen LogP contribution in [-0.2, 0) is 9.53 Å². The minimum Gasteiger partial charge on any atom is -0.466 e. The molecule has 3 heteroatoms. The fourth-order valence-electron chi connectivity index (χ4n) is 1.38. The molecule has 3 nitrogen and oxygen atoms in total. The van der Waals surface area contributed by atoms with Gasteiger partial charge in [0.05, 0.1) is 12.7 Å². The highest BCUT2D eigenvalue weighted by molar-refractivity contribution is 5.69. The van der Waals surface area contributed by atoms with Gasteiger partial charge in [0.2, 0.25) is 0 Å². The zero-order valence-electron chi connectivity index (χ0n) is 11.2. The number of carbonyl (C=O) groups is 1. The summed E-state index contributed by atoms with van der Waals surface area (Å²) in [6.07, 6.45) is 1.52. The minimum atomic E-state index is -0.374. The zero-order valence-corrected chi connectivity index (χ0v) is 11.2. The molecule has 0 aromatic carbocycles. The molecule has 0 saturated carbocycles. The van der Waals surface area contributed by atoms with Crippen LogP contribution in [-0.4, -0.2) is 23.8 Å². The maximum atomic E-state index is 11.3. The number of aliphatic hydroxyl groups is 1. The summed E-state index contributed by atoms with van der Waals surface area (Å²) in [4.78, 5) is 11.3. The van der Waals surface area contributed by atoms with Crippen molar-refractivity contribution >= 4 is 5.97 Å². The Hall–Kier alpha value is -0.570. The lowest BCUT2D eigenvalue weighted by atomic mass is 9.83. The van der Waals surface area contributed by atoms with E-state index in [1.54, 1.807) is 0 Å². The van der Waals surface area contributed by atoms with Crippen LogP contribution in [0.5, 0.6) is 0 Å². The molecule has 16 heavy (non-hydrogen) atoms. The number of carbonyl (C=O) groups excluding carboxylic acids is 1. The first kappa shape index (κ1) is 15.4. The van der Waals surface area contributed by atoms with Gasteiger partial charge in [-0.2, -0.15) is 0 Å². The van der Waals surface area contributed by atoms with Crippen molar-refractivity contribution in [3.05, 3.63) is 0 Å². The first-order valence-electron chi connectivity index (χ1n) is 6.11. The van der Waals surface area contributed by atoms with Crippen molar-refractivity contribution in [3.63, 3.8) is 0 Å². The van der Waals surface area contributed by atoms with Crippen LogP contribution in [0.4, 0.5) is 0 Å². The Kier molecular flexibility index (Phi) is 6.65. The standard InChI is InChI=1S/C13H26O3/c1-6-7-16-12(15)9-10(2)8-11(14)13(3,4)5/h10-11,14H,6-9H2,1-5H3/t10-,11+/m1/s1. The smallest absolute Gasteiger partial charge is 0.306 e. The summed E-state index contributed by atoms with van der Waals surface area (Å²) in [5, 5.41) is 9.89. The van der Waals surface area contributed by atoms with Gasteiger partial charge in [-0.3, -0.25) is 4.79 Å². The third-order valence-electron chi connectivity index (χ3n) is 2.61. The molecule has 0 saturated heterocycles. The molecule has 1 N–H and O–H groups in total. The maximum absolute atomic E-state index is 11.3. The van der Waals surface area contributed by atoms with E-state index in [4.69, 9.17) is 4.74 Å². The molecule has 0 amide bonds. The van der Waals surface area contributed by atoms with Crippen LogP contribution in [0.1, 0.15) is 53.9 Å². The Morgan fingerprint density at radius 1 is 1.38 bits per heavy atom. The van der Waals surface area contributed by atoms with Gasteiger partial charge >= 0.3 is 5.97 Å². The Labute approximate surface area is 99.2 Å². The SMILES string of the molecule is CCCOC(=O)C[C@H](C)C[C@H](O)C(C)(C)C. The fourth-order valence-corrected chi connectivity index (χ4v) is 1.38. The second kappa shape index (κ2) is 6.89. The first-order chi connectivity index (χ1) is 7.27. The second-order valence-electron chi connectivity index (χ2n) is 5.65. The van der Waals surface area contributed by atoms with Gasteiger partial charge in [0.25, 0.3) is 0 Å². The van der Waals surface area contributed by atoms with Crippen LogP contribution in [0.25, 0.3) is 0 Å². The quantitative estimate of drug-likeness (QED) is 0.714. The molecule has 0 heterocycles. The molecule has 0 aliphatic heterocycles. The molecule has 2 atom stereocenters. The Morgan fingerprint density at radius 3 is 2.38 bits per heavy atom. The molecule has 0 fully saturated rings. The molecule has 0 unspecified atom stereocenters. The van der Waals surface area contributed by atoms with Gasteiger partial charge in [-0.15, -0.1) is 0 Å². The van der Waals surface area contributed by atoms with E-state index in [1.165, 1.54) is 0 Å². The van der Waals surface area contributed by atoms with Crippen molar-refractivity contribution in [2.75, 3.05) is 6.61 Å². The summed E-state index contributed by atoms with van der Waals surface area (Å²) in [6, 6.07) is 0. The minimum absolute atomic E-state index is 0.123. The maximum Gasteiger partial charge on any atom is 0.306 e. The van der Waals surface area contributed by atoms with Crippen molar-refractivity contribution in [2.45, 2.75) is 60.0 Å². The van der Waals surface area contributed by atoms with E-state index in [0.717, 1.165) is 6.42 Å². The highest BCUT2D eigenvalue weighted by Gasteiger charge is 2.24. The lowest BCUT2D eigenvalue weighted by molar-refractivity contribution is -0.145. The van der Waals surface area contributed by atoms with E-state index >= 15 is 0 Å². The highest BCUT2D eigenvalue weighted by atomic mass is 16.5. The molecule has 0 spiro atoms. The van der Waals surface area contributed by atoms with E-state index in [0.29, 0.717) is 19.4 Å². The monoisotopic (exact) mass is 230 g/mol. The topological polar surface area (TPSA) is 46.5 Å². The molecular weight excluding hydrogens is 204 g/mol. The average molecular weight is 230 g/mol. The normalized spacial score (nSPS) is 15.6. The fraction of sp³-hybridized carbons (Fsp3) is 0.923. The van der Waals surface area contributed by atoms with Crippen LogP contribution < -0.4 is 0 Å². The highest BCUT2D eigenvalue weighted by Crippen LogP contribution is 2.25. The molecule has 0 bridgehead atoms. The van der Waals surface area contributed by atoms with Crippen molar-refractivity contribution in [1.82, 2.24) is 0 Å². The summed E-state index contributed by atoms with van der Waals surface area (Å²) >= 11 is 0. The molecule has 0 radical (unpaired) electrons. The van der Waals surface area contributed by atoms with Crippen LogP contribution in [0.15, 0.2) is 0 Å².